The number of allylic oxidation sites excluding steroid dienone is 1. The highest BCUT2D eigenvalue weighted by Gasteiger charge is 2.14. The van der Waals surface area contributed by atoms with Crippen molar-refractivity contribution in [1.82, 2.24) is 19.7 Å². The van der Waals surface area contributed by atoms with Crippen molar-refractivity contribution in [3.05, 3.63) is 88.2 Å². The number of thiazole rings is 1. The van der Waals surface area contributed by atoms with E-state index in [1.165, 1.54) is 11.1 Å². The molecule has 0 unspecified atom stereocenters. The van der Waals surface area contributed by atoms with Gasteiger partial charge in [0.2, 0.25) is 0 Å². The second-order valence-corrected chi connectivity index (χ2v) is 9.45. The van der Waals surface area contributed by atoms with Crippen molar-refractivity contribution < 1.29 is 4.74 Å². The van der Waals surface area contributed by atoms with Gasteiger partial charge in [0.15, 0.2) is 11.0 Å². The fraction of sp³-hybridized carbons (Fsp3) is 0.208. The van der Waals surface area contributed by atoms with Gasteiger partial charge in [-0.25, -0.2) is 4.98 Å². The summed E-state index contributed by atoms with van der Waals surface area (Å²) in [5, 5.41) is 13.2. The van der Waals surface area contributed by atoms with Gasteiger partial charge in [0.05, 0.1) is 10.7 Å². The average Bonchev–Trinajstić information content (AvgIpc) is 3.41. The lowest BCUT2D eigenvalue weighted by Crippen LogP contribution is -2.07. The van der Waals surface area contributed by atoms with Crippen LogP contribution in [0.25, 0.3) is 10.6 Å². The van der Waals surface area contributed by atoms with Crippen molar-refractivity contribution in [2.45, 2.75) is 37.9 Å². The van der Waals surface area contributed by atoms with Crippen LogP contribution in [0.2, 0.25) is 5.02 Å². The summed E-state index contributed by atoms with van der Waals surface area (Å²) < 4.78 is 7.99. The largest absolute Gasteiger partial charge is 0.486 e. The van der Waals surface area contributed by atoms with Crippen LogP contribution in [0.5, 0.6) is 5.75 Å². The van der Waals surface area contributed by atoms with E-state index in [1.807, 2.05) is 47.0 Å². The molecular formula is C24H23ClN4OS2. The number of hydrogen-bond donors (Lipinski definition) is 0. The van der Waals surface area contributed by atoms with Crippen LogP contribution < -0.4 is 4.74 Å². The fourth-order valence-corrected chi connectivity index (χ4v) is 5.17. The maximum Gasteiger partial charge on any atom is 0.191 e. The van der Waals surface area contributed by atoms with Gasteiger partial charge in [-0.15, -0.1) is 28.1 Å². The van der Waals surface area contributed by atoms with Crippen molar-refractivity contribution in [3.8, 4) is 16.3 Å². The first-order valence-electron chi connectivity index (χ1n) is 10.1. The normalized spacial score (nSPS) is 11.0. The maximum atomic E-state index is 6.31. The summed E-state index contributed by atoms with van der Waals surface area (Å²) in [6, 6.07) is 13.8. The predicted molar refractivity (Wildman–Crippen MR) is 133 cm³/mol. The molecule has 0 aliphatic rings. The summed E-state index contributed by atoms with van der Waals surface area (Å²) in [5.74, 6) is 2.28. The number of nitrogens with zero attached hydrogens (tertiary/aromatic N) is 4. The van der Waals surface area contributed by atoms with Gasteiger partial charge in [-0.1, -0.05) is 53.7 Å². The molecule has 0 aliphatic heterocycles. The predicted octanol–water partition coefficient (Wildman–Crippen LogP) is 6.73. The van der Waals surface area contributed by atoms with Crippen LogP contribution in [-0.4, -0.2) is 19.7 Å². The Morgan fingerprint density at radius 3 is 2.78 bits per heavy atom. The summed E-state index contributed by atoms with van der Waals surface area (Å²) in [6.07, 6.45) is 1.84. The van der Waals surface area contributed by atoms with Gasteiger partial charge in [-0.2, -0.15) is 0 Å². The Labute approximate surface area is 201 Å². The van der Waals surface area contributed by atoms with E-state index in [0.717, 1.165) is 33.0 Å². The first-order valence-corrected chi connectivity index (χ1v) is 12.3. The molecule has 2 aromatic heterocycles. The van der Waals surface area contributed by atoms with Gasteiger partial charge in [0, 0.05) is 23.2 Å². The highest BCUT2D eigenvalue weighted by atomic mass is 35.5. The molecule has 4 aromatic rings. The van der Waals surface area contributed by atoms with Gasteiger partial charge < -0.3 is 4.74 Å². The Balaban J connectivity index is 1.44. The summed E-state index contributed by atoms with van der Waals surface area (Å²) in [5.41, 5.74) is 4.38. The minimum Gasteiger partial charge on any atom is -0.486 e. The molecule has 5 nitrogen and oxygen atoms in total. The van der Waals surface area contributed by atoms with E-state index >= 15 is 0 Å². The van der Waals surface area contributed by atoms with E-state index in [-0.39, 0.29) is 0 Å². The third-order valence-electron chi connectivity index (χ3n) is 4.96. The Kier molecular flexibility index (Phi) is 7.29. The van der Waals surface area contributed by atoms with Crippen molar-refractivity contribution in [2.75, 3.05) is 0 Å². The Hall–Kier alpha value is -2.61. The fourth-order valence-electron chi connectivity index (χ4n) is 3.07. The third-order valence-corrected chi connectivity index (χ3v) is 7.21. The molecule has 0 saturated carbocycles. The first kappa shape index (κ1) is 22.6. The zero-order valence-corrected chi connectivity index (χ0v) is 20.3. The lowest BCUT2D eigenvalue weighted by Gasteiger charge is -2.10. The quantitative estimate of drug-likeness (QED) is 0.195. The van der Waals surface area contributed by atoms with Crippen molar-refractivity contribution >= 4 is 34.7 Å². The molecule has 164 valence electrons. The van der Waals surface area contributed by atoms with Gasteiger partial charge in [0.1, 0.15) is 17.4 Å². The van der Waals surface area contributed by atoms with Gasteiger partial charge in [-0.3, -0.25) is 4.57 Å². The SMILES string of the molecule is C=CCn1c(COc2ccc(C)c(C)c2)nnc1SCc1csc(-c2ccccc2Cl)n1. The zero-order valence-electron chi connectivity index (χ0n) is 17.9. The van der Waals surface area contributed by atoms with E-state index in [0.29, 0.717) is 23.9 Å². The number of thioether (sulfide) groups is 1. The molecule has 2 heterocycles. The topological polar surface area (TPSA) is 52.8 Å². The number of aromatic nitrogens is 4. The van der Waals surface area contributed by atoms with Crippen LogP contribution in [0.3, 0.4) is 0 Å². The molecule has 0 N–H and O–H groups in total. The van der Waals surface area contributed by atoms with E-state index in [2.05, 4.69) is 42.1 Å². The number of halogens is 1. The molecule has 0 saturated heterocycles. The molecule has 0 bridgehead atoms. The molecule has 4 rings (SSSR count). The molecule has 0 radical (unpaired) electrons. The second-order valence-electron chi connectivity index (χ2n) is 7.25. The van der Waals surface area contributed by atoms with Crippen molar-refractivity contribution in [2.24, 2.45) is 0 Å². The summed E-state index contributed by atoms with van der Waals surface area (Å²) in [4.78, 5) is 4.74. The standard InChI is InChI=1S/C24H23ClN4OS2/c1-4-11-29-22(13-30-19-10-9-16(2)17(3)12-19)27-28-24(29)32-15-18-14-31-23(26-18)20-7-5-6-8-21(20)25/h4-10,12,14H,1,11,13,15H2,2-3H3. The number of ether oxygens (including phenoxy) is 1. The highest BCUT2D eigenvalue weighted by Crippen LogP contribution is 2.32. The summed E-state index contributed by atoms with van der Waals surface area (Å²) in [7, 11) is 0. The van der Waals surface area contributed by atoms with E-state index in [9.17, 15) is 0 Å². The molecule has 0 aliphatic carbocycles. The first-order chi connectivity index (χ1) is 15.5. The minimum absolute atomic E-state index is 0.345. The van der Waals surface area contributed by atoms with Crippen molar-refractivity contribution in [3.63, 3.8) is 0 Å². The Bertz CT molecular complexity index is 1230. The summed E-state index contributed by atoms with van der Waals surface area (Å²) in [6.45, 7) is 8.99. The highest BCUT2D eigenvalue weighted by molar-refractivity contribution is 7.98. The molecule has 2 aromatic carbocycles. The van der Waals surface area contributed by atoms with Crippen LogP contribution in [-0.2, 0) is 18.9 Å². The Morgan fingerprint density at radius 1 is 1.16 bits per heavy atom. The minimum atomic E-state index is 0.345. The molecule has 0 amide bonds. The van der Waals surface area contributed by atoms with Gasteiger partial charge >= 0.3 is 0 Å². The van der Waals surface area contributed by atoms with Crippen LogP contribution >= 0.6 is 34.7 Å². The number of rotatable bonds is 9. The van der Waals surface area contributed by atoms with Crippen LogP contribution in [0.4, 0.5) is 0 Å². The molecule has 8 heteroatoms. The Morgan fingerprint density at radius 2 is 2.00 bits per heavy atom. The van der Waals surface area contributed by atoms with E-state index in [1.54, 1.807) is 23.1 Å². The van der Waals surface area contributed by atoms with Gasteiger partial charge in [0.25, 0.3) is 0 Å². The van der Waals surface area contributed by atoms with Crippen LogP contribution in [0.1, 0.15) is 22.6 Å². The molecular weight excluding hydrogens is 460 g/mol. The molecule has 0 atom stereocenters. The molecule has 0 fully saturated rings. The second kappa shape index (κ2) is 10.3. The van der Waals surface area contributed by atoms with E-state index in [4.69, 9.17) is 21.3 Å². The van der Waals surface area contributed by atoms with Crippen molar-refractivity contribution in [1.29, 1.82) is 0 Å². The van der Waals surface area contributed by atoms with Gasteiger partial charge in [-0.05, 0) is 43.2 Å². The van der Waals surface area contributed by atoms with Crippen LogP contribution in [0, 0.1) is 13.8 Å². The lowest BCUT2D eigenvalue weighted by atomic mass is 10.1. The maximum absolute atomic E-state index is 6.31. The zero-order chi connectivity index (χ0) is 22.5. The number of benzene rings is 2. The monoisotopic (exact) mass is 482 g/mol. The summed E-state index contributed by atoms with van der Waals surface area (Å²) >= 11 is 9.50. The van der Waals surface area contributed by atoms with E-state index < -0.39 is 0 Å². The number of hydrogen-bond acceptors (Lipinski definition) is 6. The lowest BCUT2D eigenvalue weighted by molar-refractivity contribution is 0.289. The smallest absolute Gasteiger partial charge is 0.191 e. The third kappa shape index (κ3) is 5.23. The molecule has 32 heavy (non-hydrogen) atoms. The van der Waals surface area contributed by atoms with Crippen LogP contribution in [0.15, 0.2) is 65.7 Å². The average molecular weight is 483 g/mol. The number of aryl methyl sites for hydroxylation is 2. The molecule has 0 spiro atoms.